The van der Waals surface area contributed by atoms with Crippen LogP contribution in [0, 0.1) is 5.92 Å². The first-order valence-corrected chi connectivity index (χ1v) is 10.0. The molecule has 0 fully saturated rings. The van der Waals surface area contributed by atoms with E-state index in [0.717, 1.165) is 35.3 Å². The van der Waals surface area contributed by atoms with E-state index in [1.165, 1.54) is 17.6 Å². The summed E-state index contributed by atoms with van der Waals surface area (Å²) in [5.41, 5.74) is 1.16. The van der Waals surface area contributed by atoms with Crippen molar-refractivity contribution in [1.82, 2.24) is 9.55 Å². The van der Waals surface area contributed by atoms with E-state index in [4.69, 9.17) is 9.40 Å². The van der Waals surface area contributed by atoms with Crippen LogP contribution in [0.5, 0.6) is 0 Å². The number of thiophene rings is 1. The van der Waals surface area contributed by atoms with Gasteiger partial charge in [0.15, 0.2) is 0 Å². The first-order chi connectivity index (χ1) is 13.0. The minimum atomic E-state index is -0.529. The molecule has 0 spiro atoms. The van der Waals surface area contributed by atoms with Gasteiger partial charge in [-0.15, -0.1) is 11.3 Å². The average molecular weight is 386 g/mol. The highest BCUT2D eigenvalue weighted by molar-refractivity contribution is 7.18. The first kappa shape index (κ1) is 18.0. The number of hydrogen-bond donors (Lipinski definition) is 0. The van der Waals surface area contributed by atoms with Gasteiger partial charge in [-0.05, 0) is 42.9 Å². The summed E-state index contributed by atoms with van der Waals surface area (Å²) in [6.45, 7) is 4.50. The lowest BCUT2D eigenvalue weighted by Gasteiger charge is -2.17. The van der Waals surface area contributed by atoms with Crippen LogP contribution in [0.2, 0.25) is 0 Å². The molecule has 3 heterocycles. The number of carbonyl (C=O) groups excluding carboxylic acids is 1. The highest BCUT2D eigenvalue weighted by Crippen LogP contribution is 2.35. The predicted octanol–water partition coefficient (Wildman–Crippen LogP) is 3.57. The molecular weight excluding hydrogens is 364 g/mol. The molecule has 0 aromatic carbocycles. The molecule has 4 rings (SSSR count). The Hall–Kier alpha value is -2.41. The Morgan fingerprint density at radius 2 is 2.26 bits per heavy atom. The zero-order chi connectivity index (χ0) is 19.1. The first-order valence-electron chi connectivity index (χ1n) is 9.22. The number of aryl methyl sites for hydroxylation is 2. The van der Waals surface area contributed by atoms with Gasteiger partial charge in [-0.1, -0.05) is 13.8 Å². The zero-order valence-electron chi connectivity index (χ0n) is 15.7. The van der Waals surface area contributed by atoms with Gasteiger partial charge in [0, 0.05) is 11.3 Å². The van der Waals surface area contributed by atoms with Gasteiger partial charge in [0.25, 0.3) is 5.56 Å². The summed E-state index contributed by atoms with van der Waals surface area (Å²) < 4.78 is 11.9. The van der Waals surface area contributed by atoms with Crippen molar-refractivity contribution in [1.29, 1.82) is 0 Å². The zero-order valence-corrected chi connectivity index (χ0v) is 16.5. The quantitative estimate of drug-likeness (QED) is 0.641. The molecule has 1 aliphatic rings. The van der Waals surface area contributed by atoms with Gasteiger partial charge in [0.1, 0.15) is 16.4 Å². The number of fused-ring (bicyclic) bond motifs is 3. The Balaban J connectivity index is 1.80. The van der Waals surface area contributed by atoms with Gasteiger partial charge < -0.3 is 9.15 Å². The van der Waals surface area contributed by atoms with Gasteiger partial charge in [-0.2, -0.15) is 0 Å². The fraction of sp³-hybridized carbons (Fsp3) is 0.450. The molecule has 3 aromatic heterocycles. The van der Waals surface area contributed by atoms with E-state index < -0.39 is 5.97 Å². The van der Waals surface area contributed by atoms with E-state index in [1.807, 2.05) is 6.92 Å². The van der Waals surface area contributed by atoms with E-state index in [-0.39, 0.29) is 17.9 Å². The van der Waals surface area contributed by atoms with Crippen molar-refractivity contribution < 1.29 is 13.9 Å². The fourth-order valence-electron chi connectivity index (χ4n) is 3.73. The Bertz CT molecular complexity index is 1080. The SMILES string of the molecule is CCc1nc2sc3c(c2c(=O)n1Cc1ccc(C(=O)OC)o1)CCC(C)C3. The summed E-state index contributed by atoms with van der Waals surface area (Å²) in [7, 11) is 1.31. The Morgan fingerprint density at radius 3 is 3.00 bits per heavy atom. The third-order valence-corrected chi connectivity index (χ3v) is 6.32. The average Bonchev–Trinajstić information content (AvgIpc) is 3.27. The van der Waals surface area contributed by atoms with Crippen LogP contribution >= 0.6 is 11.3 Å². The van der Waals surface area contributed by atoms with Crippen molar-refractivity contribution >= 4 is 27.5 Å². The van der Waals surface area contributed by atoms with Gasteiger partial charge in [0.05, 0.1) is 19.0 Å². The van der Waals surface area contributed by atoms with Crippen LogP contribution in [0.4, 0.5) is 0 Å². The summed E-state index contributed by atoms with van der Waals surface area (Å²) >= 11 is 1.66. The smallest absolute Gasteiger partial charge is 0.373 e. The second-order valence-corrected chi connectivity index (χ2v) is 8.15. The van der Waals surface area contributed by atoms with E-state index in [2.05, 4.69) is 11.7 Å². The molecule has 1 atom stereocenters. The van der Waals surface area contributed by atoms with Gasteiger partial charge in [0.2, 0.25) is 5.76 Å². The van der Waals surface area contributed by atoms with Crippen molar-refractivity contribution in [3.8, 4) is 0 Å². The molecule has 7 heteroatoms. The molecule has 0 amide bonds. The summed E-state index contributed by atoms with van der Waals surface area (Å²) in [5, 5.41) is 0.763. The van der Waals surface area contributed by atoms with E-state index in [0.29, 0.717) is 18.1 Å². The Morgan fingerprint density at radius 1 is 1.44 bits per heavy atom. The molecule has 0 saturated heterocycles. The molecule has 27 heavy (non-hydrogen) atoms. The lowest BCUT2D eigenvalue weighted by atomic mass is 9.89. The Labute approximate surface area is 160 Å². The number of hydrogen-bond acceptors (Lipinski definition) is 6. The van der Waals surface area contributed by atoms with E-state index >= 15 is 0 Å². The molecule has 0 bridgehead atoms. The molecule has 0 aliphatic heterocycles. The second kappa shape index (κ2) is 6.96. The van der Waals surface area contributed by atoms with Crippen molar-refractivity contribution in [2.75, 3.05) is 7.11 Å². The summed E-state index contributed by atoms with van der Waals surface area (Å²) in [4.78, 5) is 31.9. The van der Waals surface area contributed by atoms with Gasteiger partial charge in [-0.25, -0.2) is 9.78 Å². The number of nitrogens with zero attached hydrogens (tertiary/aromatic N) is 2. The Kier molecular flexibility index (Phi) is 4.63. The standard InChI is InChI=1S/C20H22N2O4S/c1-4-16-21-18-17(13-7-5-11(2)9-15(13)27-18)19(23)22(16)10-12-6-8-14(26-12)20(24)25-3/h6,8,11H,4-5,7,9-10H2,1-3H3. The maximum atomic E-state index is 13.3. The van der Waals surface area contributed by atoms with Crippen LogP contribution in [0.15, 0.2) is 21.3 Å². The maximum Gasteiger partial charge on any atom is 0.373 e. The van der Waals surface area contributed by atoms with Crippen LogP contribution < -0.4 is 5.56 Å². The third kappa shape index (κ3) is 3.10. The van der Waals surface area contributed by atoms with Crippen LogP contribution in [-0.4, -0.2) is 22.6 Å². The normalized spacial score (nSPS) is 16.5. The summed E-state index contributed by atoms with van der Waals surface area (Å²) in [6.07, 6.45) is 3.72. The third-order valence-electron chi connectivity index (χ3n) is 5.17. The number of rotatable bonds is 4. The lowest BCUT2D eigenvalue weighted by molar-refractivity contribution is 0.0563. The monoisotopic (exact) mass is 386 g/mol. The minimum Gasteiger partial charge on any atom is -0.463 e. The number of furan rings is 1. The fourth-order valence-corrected chi connectivity index (χ4v) is 5.12. The van der Waals surface area contributed by atoms with Crippen molar-refractivity contribution in [2.45, 2.75) is 46.1 Å². The highest BCUT2D eigenvalue weighted by Gasteiger charge is 2.24. The van der Waals surface area contributed by atoms with Crippen LogP contribution in [-0.2, 0) is 30.5 Å². The van der Waals surface area contributed by atoms with Gasteiger partial charge >= 0.3 is 5.97 Å². The molecule has 142 valence electrons. The number of aromatic nitrogens is 2. The van der Waals surface area contributed by atoms with Crippen LogP contribution in [0.3, 0.4) is 0 Å². The van der Waals surface area contributed by atoms with Crippen LogP contribution in [0.1, 0.15) is 52.8 Å². The highest BCUT2D eigenvalue weighted by atomic mass is 32.1. The molecule has 1 aliphatic carbocycles. The van der Waals surface area contributed by atoms with Crippen molar-refractivity contribution in [3.05, 3.63) is 50.3 Å². The van der Waals surface area contributed by atoms with Crippen LogP contribution in [0.25, 0.3) is 10.2 Å². The number of ether oxygens (including phenoxy) is 1. The lowest BCUT2D eigenvalue weighted by Crippen LogP contribution is -2.26. The minimum absolute atomic E-state index is 0.0140. The molecule has 3 aromatic rings. The largest absolute Gasteiger partial charge is 0.463 e. The molecular formula is C20H22N2O4S. The van der Waals surface area contributed by atoms with E-state index in [9.17, 15) is 9.59 Å². The van der Waals surface area contributed by atoms with E-state index in [1.54, 1.807) is 28.0 Å². The number of carbonyl (C=O) groups is 1. The summed E-state index contributed by atoms with van der Waals surface area (Å²) in [6, 6.07) is 3.27. The van der Waals surface area contributed by atoms with Crippen molar-refractivity contribution in [2.24, 2.45) is 5.92 Å². The van der Waals surface area contributed by atoms with Gasteiger partial charge in [-0.3, -0.25) is 9.36 Å². The molecule has 6 nitrogen and oxygen atoms in total. The maximum absolute atomic E-state index is 13.3. The molecule has 0 radical (unpaired) electrons. The second-order valence-electron chi connectivity index (χ2n) is 7.06. The summed E-state index contributed by atoms with van der Waals surface area (Å²) in [5.74, 6) is 1.52. The predicted molar refractivity (Wildman–Crippen MR) is 104 cm³/mol. The molecule has 0 saturated carbocycles. The molecule has 0 N–H and O–H groups in total. The number of esters is 1. The molecule has 1 unspecified atom stereocenters. The number of methoxy groups -OCH3 is 1. The topological polar surface area (TPSA) is 74.3 Å². The van der Waals surface area contributed by atoms with Crippen molar-refractivity contribution in [3.63, 3.8) is 0 Å².